The molecule has 1 saturated heterocycles. The summed E-state index contributed by atoms with van der Waals surface area (Å²) in [7, 11) is -4.85. The number of nitrogens with one attached hydrogen (secondary N) is 1. The lowest BCUT2D eigenvalue weighted by Gasteiger charge is -2.54. The fourth-order valence-electron chi connectivity index (χ4n) is 4.20. The Labute approximate surface area is 202 Å². The van der Waals surface area contributed by atoms with Crippen LogP contribution in [0.2, 0.25) is 0 Å². The highest BCUT2D eigenvalue weighted by Gasteiger charge is 2.57. The molecule has 35 heavy (non-hydrogen) atoms. The van der Waals surface area contributed by atoms with Gasteiger partial charge in [0.15, 0.2) is 5.60 Å². The Hall–Kier alpha value is -1.85. The molecule has 2 rings (SSSR count). The molecule has 2 heterocycles. The van der Waals surface area contributed by atoms with Gasteiger partial charge in [0.05, 0.1) is 43.7 Å². The number of carboxylic acid groups (broad SMARTS) is 1. The Bertz CT molecular complexity index is 951. The van der Waals surface area contributed by atoms with Gasteiger partial charge in [-0.25, -0.2) is 8.98 Å². The predicted molar refractivity (Wildman–Crippen MR) is 116 cm³/mol. The number of carbonyl (C=O) groups is 2. The summed E-state index contributed by atoms with van der Waals surface area (Å²) in [5, 5.41) is 43.4. The van der Waals surface area contributed by atoms with Crippen molar-refractivity contribution in [3.63, 3.8) is 0 Å². The van der Waals surface area contributed by atoms with E-state index in [-0.39, 0.29) is 6.61 Å². The van der Waals surface area contributed by atoms with Crippen molar-refractivity contribution >= 4 is 22.3 Å². The number of aliphatic hydroxyl groups excluding tert-OH is 3. The molecule has 0 radical (unpaired) electrons. The van der Waals surface area contributed by atoms with Crippen molar-refractivity contribution in [3.8, 4) is 0 Å². The largest absolute Gasteiger partial charge is 0.475 e. The molecule has 1 fully saturated rings. The van der Waals surface area contributed by atoms with Crippen molar-refractivity contribution in [3.05, 3.63) is 11.8 Å². The summed E-state index contributed by atoms with van der Waals surface area (Å²) >= 11 is 0. The van der Waals surface area contributed by atoms with Gasteiger partial charge < -0.3 is 40.0 Å². The highest BCUT2D eigenvalue weighted by molar-refractivity contribution is 7.80. The van der Waals surface area contributed by atoms with Gasteiger partial charge in [-0.1, -0.05) is 6.92 Å². The third-order valence-corrected chi connectivity index (χ3v) is 6.71. The minimum atomic E-state index is -4.85. The van der Waals surface area contributed by atoms with Crippen LogP contribution < -0.4 is 5.32 Å². The molecule has 7 atom stereocenters. The Balaban J connectivity index is 2.29. The monoisotopic (exact) mass is 527 g/mol. The number of aliphatic hydroxyl groups is 3. The van der Waals surface area contributed by atoms with Crippen molar-refractivity contribution in [2.75, 3.05) is 19.8 Å². The second-order valence-corrected chi connectivity index (χ2v) is 10.8. The number of ether oxygens (including phenoxy) is 3. The van der Waals surface area contributed by atoms with Gasteiger partial charge in [-0.05, 0) is 26.8 Å². The molecule has 2 aliphatic heterocycles. The van der Waals surface area contributed by atoms with E-state index in [0.29, 0.717) is 0 Å². The van der Waals surface area contributed by atoms with Crippen LogP contribution in [-0.4, -0.2) is 107 Å². The molecule has 0 spiro atoms. The average molecular weight is 528 g/mol. The van der Waals surface area contributed by atoms with Crippen LogP contribution >= 0.6 is 0 Å². The van der Waals surface area contributed by atoms with Gasteiger partial charge in [-0.2, -0.15) is 8.42 Å². The number of amides is 1. The zero-order chi connectivity index (χ0) is 27.0. The van der Waals surface area contributed by atoms with Gasteiger partial charge in [-0.15, -0.1) is 0 Å². The number of hydrogen-bond acceptors (Lipinski definition) is 11. The molecule has 6 N–H and O–H groups in total. The minimum absolute atomic E-state index is 0.381. The number of carboxylic acids is 1. The highest BCUT2D eigenvalue weighted by Crippen LogP contribution is 2.42. The van der Waals surface area contributed by atoms with Crippen molar-refractivity contribution < 1.29 is 61.4 Å². The normalized spacial score (nSPS) is 37.2. The maximum atomic E-state index is 11.7. The molecule has 15 heteroatoms. The second-order valence-electron chi connectivity index (χ2n) is 9.73. The molecule has 0 aromatic carbocycles. The van der Waals surface area contributed by atoms with Crippen molar-refractivity contribution in [2.24, 2.45) is 5.41 Å². The Kier molecular flexibility index (Phi) is 8.61. The molecule has 0 aliphatic carbocycles. The van der Waals surface area contributed by atoms with Crippen molar-refractivity contribution in [2.45, 2.75) is 76.3 Å². The molecule has 14 nitrogen and oxygen atoms in total. The van der Waals surface area contributed by atoms with E-state index in [2.05, 4.69) is 9.50 Å². The number of hydrogen-bond donors (Lipinski definition) is 6. The zero-order valence-electron chi connectivity index (χ0n) is 20.0. The molecule has 1 amide bonds. The van der Waals surface area contributed by atoms with E-state index in [0.717, 1.165) is 6.08 Å². The van der Waals surface area contributed by atoms with Gasteiger partial charge in [0.25, 0.3) is 0 Å². The van der Waals surface area contributed by atoms with E-state index in [4.69, 9.17) is 18.8 Å². The van der Waals surface area contributed by atoms with Gasteiger partial charge >= 0.3 is 16.4 Å². The molecule has 0 saturated carbocycles. The van der Waals surface area contributed by atoms with Crippen LogP contribution in [0.5, 0.6) is 0 Å². The summed E-state index contributed by atoms with van der Waals surface area (Å²) in [4.78, 5) is 23.0. The first-order chi connectivity index (χ1) is 15.8. The first-order valence-corrected chi connectivity index (χ1v) is 12.0. The summed E-state index contributed by atoms with van der Waals surface area (Å²) in [6, 6.07) is -0.967. The zero-order valence-corrected chi connectivity index (χ0v) is 20.8. The summed E-state index contributed by atoms with van der Waals surface area (Å²) in [5.41, 5.74) is -4.35. The summed E-state index contributed by atoms with van der Waals surface area (Å²) < 4.78 is 52.8. The minimum Gasteiger partial charge on any atom is -0.475 e. The van der Waals surface area contributed by atoms with E-state index >= 15 is 0 Å². The summed E-state index contributed by atoms with van der Waals surface area (Å²) in [6.07, 6.45) is -4.82. The van der Waals surface area contributed by atoms with Gasteiger partial charge in [0.1, 0.15) is 12.2 Å². The van der Waals surface area contributed by atoms with Gasteiger partial charge in [0, 0.05) is 12.3 Å². The third kappa shape index (κ3) is 6.68. The lowest BCUT2D eigenvalue weighted by atomic mass is 9.70. The van der Waals surface area contributed by atoms with E-state index in [1.165, 1.54) is 20.8 Å². The van der Waals surface area contributed by atoms with Crippen LogP contribution in [0.4, 0.5) is 0 Å². The van der Waals surface area contributed by atoms with E-state index in [9.17, 15) is 38.4 Å². The van der Waals surface area contributed by atoms with Crippen molar-refractivity contribution in [1.82, 2.24) is 5.32 Å². The number of aliphatic carboxylic acids is 1. The predicted octanol–water partition coefficient (Wildman–Crippen LogP) is -1.65. The molecule has 0 bridgehead atoms. The first-order valence-electron chi connectivity index (χ1n) is 10.7. The van der Waals surface area contributed by atoms with Crippen LogP contribution in [-0.2, 0) is 38.4 Å². The summed E-state index contributed by atoms with van der Waals surface area (Å²) in [5.74, 6) is -2.52. The van der Waals surface area contributed by atoms with Crippen molar-refractivity contribution in [1.29, 1.82) is 0 Å². The summed E-state index contributed by atoms with van der Waals surface area (Å²) in [6.45, 7) is 5.61. The molecule has 0 aromatic rings. The maximum Gasteiger partial charge on any atom is 0.397 e. The molecule has 202 valence electrons. The SMILES string of the molecule is CC(=O)NC1[C@@H](O)[C@](C)(COC[C@@]2(C)OC(C(=O)O)=C[C@H](O)C2O)C(COS(=O)(=O)O)OC1(C)C. The van der Waals surface area contributed by atoms with Crippen LogP contribution in [0, 0.1) is 5.41 Å². The molecule has 0 aromatic heterocycles. The van der Waals surface area contributed by atoms with Gasteiger partial charge in [-0.3, -0.25) is 9.35 Å². The van der Waals surface area contributed by atoms with Gasteiger partial charge in [0.2, 0.25) is 11.7 Å². The highest BCUT2D eigenvalue weighted by atomic mass is 32.3. The third-order valence-electron chi connectivity index (χ3n) is 6.28. The fourth-order valence-corrected chi connectivity index (χ4v) is 4.50. The van der Waals surface area contributed by atoms with Crippen LogP contribution in [0.25, 0.3) is 0 Å². The number of carbonyl (C=O) groups excluding carboxylic acids is 1. The first kappa shape index (κ1) is 29.4. The standard InChI is InChI=1S/C20H33NO13S/c1-10(22)21-14-16(25)19(4,13(34-18(14,2)3)7-32-35(28,29)30)8-31-9-20(5)15(24)11(23)6-12(33-20)17(26)27/h6,11,13-16,23-25H,7-9H2,1-5H3,(H,21,22)(H,26,27)(H,28,29,30)/t11-,13?,14?,15?,16+,19+,20+/m0/s1. The molecular weight excluding hydrogens is 494 g/mol. The van der Waals surface area contributed by atoms with Crippen LogP contribution in [0.1, 0.15) is 34.6 Å². The smallest absolute Gasteiger partial charge is 0.397 e. The number of rotatable bonds is 9. The molecular formula is C20H33NO13S. The van der Waals surface area contributed by atoms with E-state index in [1.807, 2.05) is 0 Å². The Morgan fingerprint density at radius 3 is 2.23 bits per heavy atom. The van der Waals surface area contributed by atoms with E-state index < -0.39 is 88.3 Å². The Morgan fingerprint density at radius 2 is 1.71 bits per heavy atom. The topological polar surface area (TPSA) is 218 Å². The average Bonchev–Trinajstić information content (AvgIpc) is 2.70. The maximum absolute atomic E-state index is 11.7. The van der Waals surface area contributed by atoms with E-state index in [1.54, 1.807) is 13.8 Å². The fraction of sp³-hybridized carbons (Fsp3) is 0.800. The van der Waals surface area contributed by atoms with Crippen LogP contribution in [0.15, 0.2) is 11.8 Å². The lowest BCUT2D eigenvalue weighted by molar-refractivity contribution is -0.255. The quantitative estimate of drug-likeness (QED) is 0.185. The lowest BCUT2D eigenvalue weighted by Crippen LogP contribution is -2.71. The second kappa shape index (κ2) is 10.3. The Morgan fingerprint density at radius 1 is 1.11 bits per heavy atom. The molecule has 2 aliphatic rings. The van der Waals surface area contributed by atoms with Crippen LogP contribution in [0.3, 0.4) is 0 Å². The molecule has 3 unspecified atom stereocenters.